The Kier molecular flexibility index (Phi) is 7.99. The molecule has 0 saturated heterocycles. The van der Waals surface area contributed by atoms with Crippen molar-refractivity contribution in [2.45, 2.75) is 78.0 Å². The maximum Gasteiger partial charge on any atom is 0.408 e. The van der Waals surface area contributed by atoms with Crippen LogP contribution in [-0.4, -0.2) is 40.8 Å². The van der Waals surface area contributed by atoms with E-state index in [1.165, 1.54) is 0 Å². The third kappa shape index (κ3) is 12.4. The van der Waals surface area contributed by atoms with Crippen molar-refractivity contribution in [3.05, 3.63) is 10.1 Å². The Morgan fingerprint density at radius 1 is 1.04 bits per heavy atom. The van der Waals surface area contributed by atoms with Crippen LogP contribution in [0.3, 0.4) is 0 Å². The normalized spacial score (nSPS) is 13.1. The smallest absolute Gasteiger partial charge is 0.408 e. The first-order chi connectivity index (χ1) is 10.3. The summed E-state index contributed by atoms with van der Waals surface area (Å²) in [6, 6.07) is -0.893. The van der Waals surface area contributed by atoms with Gasteiger partial charge in [-0.05, 0) is 54.4 Å². The number of ether oxygens (including phenoxy) is 2. The monoisotopic (exact) mass is 332 g/mol. The molecule has 0 saturated carbocycles. The van der Waals surface area contributed by atoms with Crippen molar-refractivity contribution in [3.63, 3.8) is 0 Å². The molecule has 1 atom stereocenters. The highest BCUT2D eigenvalue weighted by Gasteiger charge is 2.28. The molecule has 8 nitrogen and oxygen atoms in total. The van der Waals surface area contributed by atoms with Gasteiger partial charge in [0.05, 0.1) is 0 Å². The van der Waals surface area contributed by atoms with Gasteiger partial charge in [0.2, 0.25) is 6.54 Å². The average molecular weight is 332 g/mol. The molecule has 8 heteroatoms. The van der Waals surface area contributed by atoms with E-state index in [-0.39, 0.29) is 13.0 Å². The Morgan fingerprint density at radius 3 is 2.00 bits per heavy atom. The van der Waals surface area contributed by atoms with Crippen LogP contribution in [0.2, 0.25) is 0 Å². The van der Waals surface area contributed by atoms with Crippen molar-refractivity contribution in [1.29, 1.82) is 0 Å². The first kappa shape index (κ1) is 21.1. The lowest BCUT2D eigenvalue weighted by molar-refractivity contribution is -0.480. The third-order valence-electron chi connectivity index (χ3n) is 2.47. The first-order valence-corrected chi connectivity index (χ1v) is 7.64. The number of rotatable bonds is 7. The molecule has 0 aliphatic carbocycles. The highest BCUT2D eigenvalue weighted by atomic mass is 16.6. The molecule has 134 valence electrons. The molecular weight excluding hydrogens is 304 g/mol. The van der Waals surface area contributed by atoms with E-state index in [1.807, 2.05) is 0 Å². The fourth-order valence-electron chi connectivity index (χ4n) is 1.66. The minimum absolute atomic E-state index is 0.173. The maximum absolute atomic E-state index is 12.2. The van der Waals surface area contributed by atoms with Crippen molar-refractivity contribution in [2.24, 2.45) is 0 Å². The van der Waals surface area contributed by atoms with Crippen molar-refractivity contribution < 1.29 is 24.0 Å². The number of nitrogens with zero attached hydrogens (tertiary/aromatic N) is 1. The maximum atomic E-state index is 12.2. The standard InChI is InChI=1S/C15H28N2O6/c1-14(2,3)22-12(18)11(9-7-8-10-17(20)21)16-13(19)23-15(4,5)6/h11H,7-10H2,1-6H3,(H,16,19)/t11-/m0/s1. The number of nitro groups is 1. The molecule has 0 aromatic heterocycles. The number of hydrogen-bond donors (Lipinski definition) is 1. The van der Waals surface area contributed by atoms with E-state index in [0.29, 0.717) is 12.8 Å². The van der Waals surface area contributed by atoms with E-state index in [0.717, 1.165) is 0 Å². The quantitative estimate of drug-likeness (QED) is 0.332. The predicted molar refractivity (Wildman–Crippen MR) is 84.7 cm³/mol. The number of nitrogens with one attached hydrogen (secondary N) is 1. The number of carbonyl (C=O) groups excluding carboxylic acids is 2. The fourth-order valence-corrected chi connectivity index (χ4v) is 1.66. The summed E-state index contributed by atoms with van der Waals surface area (Å²) in [5.74, 6) is -0.579. The fraction of sp³-hybridized carbons (Fsp3) is 0.867. The van der Waals surface area contributed by atoms with Crippen LogP contribution in [0.15, 0.2) is 0 Å². The van der Waals surface area contributed by atoms with Gasteiger partial charge in [-0.2, -0.15) is 0 Å². The molecule has 0 rings (SSSR count). The highest BCUT2D eigenvalue weighted by molar-refractivity contribution is 5.81. The summed E-state index contributed by atoms with van der Waals surface area (Å²) in [6.07, 6.45) is 0.271. The number of carbonyl (C=O) groups is 2. The molecule has 0 fully saturated rings. The molecule has 0 aliphatic heterocycles. The van der Waals surface area contributed by atoms with Crippen LogP contribution in [0.4, 0.5) is 4.79 Å². The molecule has 0 bridgehead atoms. The van der Waals surface area contributed by atoms with Gasteiger partial charge in [-0.15, -0.1) is 0 Å². The summed E-state index contributed by atoms with van der Waals surface area (Å²) in [6.45, 7) is 10.1. The molecule has 0 unspecified atom stereocenters. The van der Waals surface area contributed by atoms with Crippen LogP contribution in [0.25, 0.3) is 0 Å². The summed E-state index contributed by atoms with van der Waals surface area (Å²) < 4.78 is 10.4. The molecule has 0 heterocycles. The average Bonchev–Trinajstić information content (AvgIpc) is 2.27. The minimum atomic E-state index is -0.893. The molecule has 1 amide bonds. The largest absolute Gasteiger partial charge is 0.458 e. The van der Waals surface area contributed by atoms with Crippen LogP contribution in [0.5, 0.6) is 0 Å². The zero-order chi connectivity index (χ0) is 18.3. The van der Waals surface area contributed by atoms with Gasteiger partial charge in [-0.25, -0.2) is 9.59 Å². The molecule has 0 radical (unpaired) electrons. The van der Waals surface area contributed by atoms with Gasteiger partial charge >= 0.3 is 12.1 Å². The van der Waals surface area contributed by atoms with Crippen LogP contribution in [-0.2, 0) is 14.3 Å². The van der Waals surface area contributed by atoms with Crippen LogP contribution >= 0.6 is 0 Å². The molecule has 0 spiro atoms. The molecule has 0 aromatic carbocycles. The van der Waals surface area contributed by atoms with Gasteiger partial charge in [-0.1, -0.05) is 0 Å². The summed E-state index contributed by atoms with van der Waals surface area (Å²) in [5, 5.41) is 12.8. The lowest BCUT2D eigenvalue weighted by Crippen LogP contribution is -2.46. The Labute approximate surface area is 137 Å². The first-order valence-electron chi connectivity index (χ1n) is 7.64. The third-order valence-corrected chi connectivity index (χ3v) is 2.47. The molecule has 1 N–H and O–H groups in total. The van der Waals surface area contributed by atoms with Crippen molar-refractivity contribution in [1.82, 2.24) is 5.32 Å². The lowest BCUT2D eigenvalue weighted by Gasteiger charge is -2.26. The summed E-state index contributed by atoms with van der Waals surface area (Å²) in [5.41, 5.74) is -1.38. The summed E-state index contributed by atoms with van der Waals surface area (Å²) >= 11 is 0. The van der Waals surface area contributed by atoms with E-state index >= 15 is 0 Å². The van der Waals surface area contributed by atoms with Gasteiger partial charge < -0.3 is 14.8 Å². The van der Waals surface area contributed by atoms with E-state index in [2.05, 4.69) is 5.32 Å². The molecule has 0 aromatic rings. The minimum Gasteiger partial charge on any atom is -0.458 e. The van der Waals surface area contributed by atoms with Crippen molar-refractivity contribution >= 4 is 12.1 Å². The second kappa shape index (κ2) is 8.69. The number of hydrogen-bond acceptors (Lipinski definition) is 6. The van der Waals surface area contributed by atoms with E-state index in [4.69, 9.17) is 9.47 Å². The number of esters is 1. The predicted octanol–water partition coefficient (Wildman–Crippen LogP) is 2.67. The van der Waals surface area contributed by atoms with E-state index < -0.39 is 34.2 Å². The zero-order valence-electron chi connectivity index (χ0n) is 14.8. The molecule has 23 heavy (non-hydrogen) atoms. The van der Waals surface area contributed by atoms with Gasteiger partial charge in [0.1, 0.15) is 17.2 Å². The molecule has 0 aliphatic rings. The number of unbranched alkanes of at least 4 members (excludes halogenated alkanes) is 1. The number of alkyl carbamates (subject to hydrolysis) is 1. The summed E-state index contributed by atoms with van der Waals surface area (Å²) in [4.78, 5) is 33.9. The topological polar surface area (TPSA) is 108 Å². The summed E-state index contributed by atoms with van der Waals surface area (Å²) in [7, 11) is 0. The van der Waals surface area contributed by atoms with Crippen molar-refractivity contribution in [3.8, 4) is 0 Å². The lowest BCUT2D eigenvalue weighted by atomic mass is 10.1. The SMILES string of the molecule is CC(C)(C)OC(=O)N[C@@H](CCCC[N+](=O)[O-])C(=O)OC(C)(C)C. The second-order valence-electron chi connectivity index (χ2n) is 7.28. The van der Waals surface area contributed by atoms with Crippen LogP contribution < -0.4 is 5.32 Å². The Balaban J connectivity index is 4.69. The van der Waals surface area contributed by atoms with Gasteiger partial charge in [0.15, 0.2) is 0 Å². The van der Waals surface area contributed by atoms with E-state index in [9.17, 15) is 19.7 Å². The Bertz CT molecular complexity index is 423. The van der Waals surface area contributed by atoms with Crippen molar-refractivity contribution in [2.75, 3.05) is 6.54 Å². The van der Waals surface area contributed by atoms with E-state index in [1.54, 1.807) is 41.5 Å². The van der Waals surface area contributed by atoms with Crippen LogP contribution in [0, 0.1) is 10.1 Å². The second-order valence-corrected chi connectivity index (χ2v) is 7.28. The Morgan fingerprint density at radius 2 is 1.57 bits per heavy atom. The number of amides is 1. The molecular formula is C15H28N2O6. The highest BCUT2D eigenvalue weighted by Crippen LogP contribution is 2.13. The van der Waals surface area contributed by atoms with Gasteiger partial charge in [0.25, 0.3) is 0 Å². The Hall–Kier alpha value is -1.86. The van der Waals surface area contributed by atoms with Crippen LogP contribution in [0.1, 0.15) is 60.8 Å². The zero-order valence-corrected chi connectivity index (χ0v) is 14.8. The van der Waals surface area contributed by atoms with Gasteiger partial charge in [-0.3, -0.25) is 10.1 Å². The van der Waals surface area contributed by atoms with Gasteiger partial charge in [0, 0.05) is 11.3 Å².